The van der Waals surface area contributed by atoms with Crippen molar-refractivity contribution in [2.45, 2.75) is 19.4 Å². The summed E-state index contributed by atoms with van der Waals surface area (Å²) in [5.41, 5.74) is 7.15. The number of benzene rings is 1. The fourth-order valence-electron chi connectivity index (χ4n) is 1.75. The SMILES string of the molecule is Cc1nc(-c2ccc(C[C@H](N)C#N)c(F)c2)sc1C#N. The molecule has 2 N–H and O–H groups in total. The summed E-state index contributed by atoms with van der Waals surface area (Å²) < 4.78 is 14.0. The molecule has 0 amide bonds. The molecule has 0 aliphatic carbocycles. The van der Waals surface area contributed by atoms with Crippen molar-refractivity contribution in [2.75, 3.05) is 0 Å². The summed E-state index contributed by atoms with van der Waals surface area (Å²) >= 11 is 1.23. The van der Waals surface area contributed by atoms with E-state index >= 15 is 0 Å². The molecule has 0 bridgehead atoms. The number of aryl methyl sites for hydroxylation is 1. The predicted molar refractivity (Wildman–Crippen MR) is 74.3 cm³/mol. The average molecular weight is 286 g/mol. The molecular weight excluding hydrogens is 275 g/mol. The largest absolute Gasteiger partial charge is 0.316 e. The van der Waals surface area contributed by atoms with Crippen molar-refractivity contribution in [3.05, 3.63) is 40.2 Å². The summed E-state index contributed by atoms with van der Waals surface area (Å²) in [6, 6.07) is 7.89. The maximum absolute atomic E-state index is 14.0. The fraction of sp³-hybridized carbons (Fsp3) is 0.214. The number of halogens is 1. The van der Waals surface area contributed by atoms with Gasteiger partial charge in [0.25, 0.3) is 0 Å². The Morgan fingerprint density at radius 3 is 2.75 bits per heavy atom. The van der Waals surface area contributed by atoms with E-state index in [1.807, 2.05) is 6.07 Å². The van der Waals surface area contributed by atoms with E-state index < -0.39 is 11.9 Å². The van der Waals surface area contributed by atoms with E-state index in [1.54, 1.807) is 19.1 Å². The number of aromatic nitrogens is 1. The van der Waals surface area contributed by atoms with Crippen molar-refractivity contribution in [1.82, 2.24) is 4.98 Å². The number of nitrogens with zero attached hydrogens (tertiary/aromatic N) is 3. The van der Waals surface area contributed by atoms with Crippen LogP contribution in [0.3, 0.4) is 0 Å². The number of hydrogen-bond acceptors (Lipinski definition) is 5. The lowest BCUT2D eigenvalue weighted by Gasteiger charge is -2.06. The summed E-state index contributed by atoms with van der Waals surface area (Å²) in [6.07, 6.45) is 0.170. The molecule has 0 saturated heterocycles. The van der Waals surface area contributed by atoms with Crippen molar-refractivity contribution in [3.8, 4) is 22.7 Å². The first kappa shape index (κ1) is 14.1. The quantitative estimate of drug-likeness (QED) is 0.939. The van der Waals surface area contributed by atoms with Crippen molar-refractivity contribution in [2.24, 2.45) is 5.73 Å². The van der Waals surface area contributed by atoms with Gasteiger partial charge >= 0.3 is 0 Å². The second-order valence-electron chi connectivity index (χ2n) is 4.29. The summed E-state index contributed by atoms with van der Waals surface area (Å²) in [5, 5.41) is 18.2. The van der Waals surface area contributed by atoms with Gasteiger partial charge in [0.05, 0.1) is 17.8 Å². The Morgan fingerprint density at radius 1 is 1.45 bits per heavy atom. The van der Waals surface area contributed by atoms with Crippen molar-refractivity contribution < 1.29 is 4.39 Å². The molecule has 2 rings (SSSR count). The Labute approximate surface area is 119 Å². The third-order valence-corrected chi connectivity index (χ3v) is 3.91. The Kier molecular flexibility index (Phi) is 4.09. The smallest absolute Gasteiger partial charge is 0.128 e. The first-order valence-electron chi connectivity index (χ1n) is 5.86. The lowest BCUT2D eigenvalue weighted by Crippen LogP contribution is -2.20. The summed E-state index contributed by atoms with van der Waals surface area (Å²) in [6.45, 7) is 1.75. The summed E-state index contributed by atoms with van der Waals surface area (Å²) in [7, 11) is 0. The molecule has 0 saturated carbocycles. The van der Waals surface area contributed by atoms with E-state index in [4.69, 9.17) is 16.3 Å². The number of nitriles is 2. The zero-order chi connectivity index (χ0) is 14.7. The topological polar surface area (TPSA) is 86.5 Å². The number of nitrogens with two attached hydrogens (primary N) is 1. The zero-order valence-corrected chi connectivity index (χ0v) is 11.5. The molecule has 20 heavy (non-hydrogen) atoms. The molecule has 1 aromatic carbocycles. The molecule has 0 aliphatic heterocycles. The van der Waals surface area contributed by atoms with Crippen LogP contribution in [-0.2, 0) is 6.42 Å². The molecule has 0 fully saturated rings. The number of rotatable bonds is 3. The average Bonchev–Trinajstić information content (AvgIpc) is 2.82. The maximum atomic E-state index is 14.0. The van der Waals surface area contributed by atoms with Gasteiger partial charge < -0.3 is 5.73 Å². The molecule has 0 aliphatic rings. The molecular formula is C14H11FN4S. The molecule has 4 nitrogen and oxygen atoms in total. The lowest BCUT2D eigenvalue weighted by atomic mass is 10.0. The van der Waals surface area contributed by atoms with Gasteiger partial charge in [-0.15, -0.1) is 11.3 Å². The van der Waals surface area contributed by atoms with Crippen LogP contribution in [0.15, 0.2) is 18.2 Å². The van der Waals surface area contributed by atoms with Crippen LogP contribution < -0.4 is 5.73 Å². The van der Waals surface area contributed by atoms with Crippen molar-refractivity contribution >= 4 is 11.3 Å². The van der Waals surface area contributed by atoms with Crippen LogP contribution in [-0.4, -0.2) is 11.0 Å². The molecule has 100 valence electrons. The van der Waals surface area contributed by atoms with Gasteiger partial charge in [0.2, 0.25) is 0 Å². The third-order valence-electron chi connectivity index (χ3n) is 2.80. The van der Waals surface area contributed by atoms with E-state index in [1.165, 1.54) is 17.4 Å². The van der Waals surface area contributed by atoms with Gasteiger partial charge in [-0.3, -0.25) is 0 Å². The first-order valence-corrected chi connectivity index (χ1v) is 6.68. The third kappa shape index (κ3) is 2.83. The molecule has 0 radical (unpaired) electrons. The van der Waals surface area contributed by atoms with Crippen LogP contribution in [0, 0.1) is 35.4 Å². The minimum Gasteiger partial charge on any atom is -0.316 e. The Hall–Kier alpha value is -2.28. The molecule has 1 atom stereocenters. The van der Waals surface area contributed by atoms with E-state index in [2.05, 4.69) is 11.1 Å². The van der Waals surface area contributed by atoms with Crippen LogP contribution in [0.2, 0.25) is 0 Å². The molecule has 2 aromatic rings. The van der Waals surface area contributed by atoms with Gasteiger partial charge in [0.1, 0.15) is 21.8 Å². The van der Waals surface area contributed by atoms with E-state index in [0.29, 0.717) is 26.7 Å². The van der Waals surface area contributed by atoms with Crippen LogP contribution in [0.5, 0.6) is 0 Å². The Morgan fingerprint density at radius 2 is 2.20 bits per heavy atom. The molecule has 0 unspecified atom stereocenters. The highest BCUT2D eigenvalue weighted by Gasteiger charge is 2.12. The highest BCUT2D eigenvalue weighted by atomic mass is 32.1. The monoisotopic (exact) mass is 286 g/mol. The van der Waals surface area contributed by atoms with E-state index in [-0.39, 0.29) is 6.42 Å². The van der Waals surface area contributed by atoms with Gasteiger partial charge in [0, 0.05) is 12.0 Å². The Bertz CT molecular complexity index is 724. The van der Waals surface area contributed by atoms with E-state index in [0.717, 1.165) is 0 Å². The van der Waals surface area contributed by atoms with Gasteiger partial charge in [-0.1, -0.05) is 12.1 Å². The van der Waals surface area contributed by atoms with Crippen LogP contribution >= 0.6 is 11.3 Å². The predicted octanol–water partition coefficient (Wildman–Crippen LogP) is 2.52. The summed E-state index contributed by atoms with van der Waals surface area (Å²) in [4.78, 5) is 4.78. The minimum absolute atomic E-state index is 0.170. The van der Waals surface area contributed by atoms with Crippen LogP contribution in [0.25, 0.3) is 10.6 Å². The van der Waals surface area contributed by atoms with Gasteiger partial charge in [0.15, 0.2) is 0 Å². The van der Waals surface area contributed by atoms with Crippen LogP contribution in [0.1, 0.15) is 16.1 Å². The van der Waals surface area contributed by atoms with Gasteiger partial charge in [-0.25, -0.2) is 9.37 Å². The first-order chi connectivity index (χ1) is 9.55. The standard InChI is InChI=1S/C14H11FN4S/c1-8-13(7-17)20-14(19-8)10-3-2-9(12(15)5-10)4-11(18)6-16/h2-3,5,11H,4,18H2,1H3/t11-/m0/s1. The van der Waals surface area contributed by atoms with Crippen molar-refractivity contribution in [3.63, 3.8) is 0 Å². The maximum Gasteiger partial charge on any atom is 0.128 e. The number of hydrogen-bond donors (Lipinski definition) is 1. The minimum atomic E-state index is -0.720. The second-order valence-corrected chi connectivity index (χ2v) is 5.29. The zero-order valence-electron chi connectivity index (χ0n) is 10.7. The van der Waals surface area contributed by atoms with Gasteiger partial charge in [-0.05, 0) is 18.6 Å². The second kappa shape index (κ2) is 5.79. The molecule has 1 heterocycles. The molecule has 0 spiro atoms. The summed E-state index contributed by atoms with van der Waals surface area (Å²) in [5.74, 6) is -0.417. The van der Waals surface area contributed by atoms with Gasteiger partial charge in [-0.2, -0.15) is 10.5 Å². The van der Waals surface area contributed by atoms with E-state index in [9.17, 15) is 4.39 Å². The normalized spacial score (nSPS) is 11.7. The lowest BCUT2D eigenvalue weighted by molar-refractivity contribution is 0.604. The van der Waals surface area contributed by atoms with Crippen LogP contribution in [0.4, 0.5) is 4.39 Å². The fourth-order valence-corrected chi connectivity index (χ4v) is 2.61. The molecule has 1 aromatic heterocycles. The highest BCUT2D eigenvalue weighted by molar-refractivity contribution is 7.15. The van der Waals surface area contributed by atoms with Crippen molar-refractivity contribution in [1.29, 1.82) is 10.5 Å². The molecule has 6 heteroatoms. The highest BCUT2D eigenvalue weighted by Crippen LogP contribution is 2.28. The number of thiazole rings is 1. The Balaban J connectivity index is 2.33.